The molecule has 1 aliphatic carbocycles. The Labute approximate surface area is 151 Å². The summed E-state index contributed by atoms with van der Waals surface area (Å²) in [5.74, 6) is -0.814. The zero-order valence-electron chi connectivity index (χ0n) is 13.4. The van der Waals surface area contributed by atoms with Crippen molar-refractivity contribution in [2.75, 3.05) is 5.73 Å². The molecule has 0 amide bonds. The molecule has 3 N–H and O–H groups in total. The summed E-state index contributed by atoms with van der Waals surface area (Å²) in [5.41, 5.74) is 9.12. The number of anilines is 1. The predicted molar refractivity (Wildman–Crippen MR) is 97.0 cm³/mol. The minimum absolute atomic E-state index is 0.114. The number of halogens is 2. The first-order valence-corrected chi connectivity index (χ1v) is 8.50. The fourth-order valence-corrected chi connectivity index (χ4v) is 3.61. The molecular formula is C18H13ClFN5O. The summed E-state index contributed by atoms with van der Waals surface area (Å²) in [6.07, 6.45) is 2.58. The molecular weight excluding hydrogens is 357 g/mol. The lowest BCUT2D eigenvalue weighted by molar-refractivity contribution is 0.0952. The maximum Gasteiger partial charge on any atom is 0.189 e. The van der Waals surface area contributed by atoms with Crippen molar-refractivity contribution in [3.05, 3.63) is 47.4 Å². The molecule has 1 saturated carbocycles. The largest absolute Gasteiger partial charge is 0.382 e. The third kappa shape index (κ3) is 2.13. The highest BCUT2D eigenvalue weighted by molar-refractivity contribution is 6.38. The second-order valence-electron chi connectivity index (χ2n) is 6.47. The van der Waals surface area contributed by atoms with Crippen LogP contribution < -0.4 is 5.73 Å². The molecule has 0 radical (unpaired) electrons. The van der Waals surface area contributed by atoms with E-state index in [9.17, 15) is 9.18 Å². The van der Waals surface area contributed by atoms with Crippen LogP contribution in [0.4, 0.5) is 10.2 Å². The molecule has 0 saturated heterocycles. The number of nitrogens with one attached hydrogen (secondary N) is 1. The monoisotopic (exact) mass is 369 g/mol. The highest BCUT2D eigenvalue weighted by Crippen LogP contribution is 2.38. The number of carbonyl (C=O) groups is 1. The van der Waals surface area contributed by atoms with E-state index < -0.39 is 12.1 Å². The lowest BCUT2D eigenvalue weighted by atomic mass is 10.1. The van der Waals surface area contributed by atoms with Gasteiger partial charge in [0, 0.05) is 17.1 Å². The van der Waals surface area contributed by atoms with Crippen LogP contribution >= 0.6 is 11.6 Å². The number of aromatic nitrogens is 4. The zero-order chi connectivity index (χ0) is 18.0. The molecule has 130 valence electrons. The normalized spacial score (nSPS) is 19.3. The maximum absolute atomic E-state index is 13.3. The lowest BCUT2D eigenvalue weighted by Gasteiger charge is -2.08. The van der Waals surface area contributed by atoms with Gasteiger partial charge in [0.05, 0.1) is 22.7 Å². The van der Waals surface area contributed by atoms with E-state index in [0.29, 0.717) is 10.7 Å². The van der Waals surface area contributed by atoms with Gasteiger partial charge in [-0.05, 0) is 30.2 Å². The van der Waals surface area contributed by atoms with Crippen LogP contribution in [0.5, 0.6) is 0 Å². The number of benzene rings is 1. The number of aromatic amines is 1. The van der Waals surface area contributed by atoms with Crippen LogP contribution in [0.3, 0.4) is 0 Å². The smallest absolute Gasteiger partial charge is 0.189 e. The van der Waals surface area contributed by atoms with Crippen molar-refractivity contribution < 1.29 is 9.18 Å². The van der Waals surface area contributed by atoms with Gasteiger partial charge in [0.2, 0.25) is 0 Å². The van der Waals surface area contributed by atoms with Crippen molar-refractivity contribution in [1.29, 1.82) is 0 Å². The van der Waals surface area contributed by atoms with E-state index in [-0.39, 0.29) is 23.7 Å². The number of hydrogen-bond acceptors (Lipinski definition) is 4. The number of ketones is 1. The van der Waals surface area contributed by atoms with E-state index in [1.165, 1.54) is 0 Å². The number of H-pyrrole nitrogens is 1. The summed E-state index contributed by atoms with van der Waals surface area (Å²) in [7, 11) is 0. The average molecular weight is 370 g/mol. The molecule has 3 heterocycles. The van der Waals surface area contributed by atoms with E-state index >= 15 is 0 Å². The van der Waals surface area contributed by atoms with Crippen molar-refractivity contribution in [3.8, 4) is 11.1 Å². The minimum atomic E-state index is -1.09. The Kier molecular flexibility index (Phi) is 3.12. The SMILES string of the molecule is Nc1nc2ccc(-c3ccc4[nH]ncc4c3Cl)cn2c1C(=O)[C@@H]1C[C@@H]1F. The van der Waals surface area contributed by atoms with Gasteiger partial charge in [-0.3, -0.25) is 14.3 Å². The molecule has 8 heteroatoms. The highest BCUT2D eigenvalue weighted by atomic mass is 35.5. The summed E-state index contributed by atoms with van der Waals surface area (Å²) in [6.45, 7) is 0. The van der Waals surface area contributed by atoms with Crippen molar-refractivity contribution in [2.45, 2.75) is 12.6 Å². The fraction of sp³-hybridized carbons (Fsp3) is 0.167. The molecule has 6 nitrogen and oxygen atoms in total. The Balaban J connectivity index is 1.69. The number of nitrogen functional groups attached to an aromatic ring is 1. The fourth-order valence-electron chi connectivity index (χ4n) is 3.28. The van der Waals surface area contributed by atoms with E-state index in [1.807, 2.05) is 18.2 Å². The second kappa shape index (κ2) is 5.28. The van der Waals surface area contributed by atoms with Gasteiger partial charge in [-0.2, -0.15) is 5.10 Å². The number of rotatable bonds is 3. The summed E-state index contributed by atoms with van der Waals surface area (Å²) in [5, 5.41) is 8.24. The second-order valence-corrected chi connectivity index (χ2v) is 6.85. The summed E-state index contributed by atoms with van der Waals surface area (Å²) >= 11 is 6.53. The van der Waals surface area contributed by atoms with Crippen molar-refractivity contribution in [2.24, 2.45) is 5.92 Å². The third-order valence-corrected chi connectivity index (χ3v) is 5.20. The number of fused-ring (bicyclic) bond motifs is 2. The highest BCUT2D eigenvalue weighted by Gasteiger charge is 2.45. The molecule has 2 atom stereocenters. The summed E-state index contributed by atoms with van der Waals surface area (Å²) < 4.78 is 15.0. The van der Waals surface area contributed by atoms with Gasteiger partial charge in [0.1, 0.15) is 17.5 Å². The van der Waals surface area contributed by atoms with Gasteiger partial charge >= 0.3 is 0 Å². The Hall–Kier alpha value is -2.93. The first-order chi connectivity index (χ1) is 12.5. The maximum atomic E-state index is 13.3. The van der Waals surface area contributed by atoms with E-state index in [4.69, 9.17) is 17.3 Å². The molecule has 0 spiro atoms. The number of hydrogen-bond donors (Lipinski definition) is 2. The number of pyridine rings is 1. The van der Waals surface area contributed by atoms with Crippen molar-refractivity contribution in [3.63, 3.8) is 0 Å². The quantitative estimate of drug-likeness (QED) is 0.539. The zero-order valence-corrected chi connectivity index (χ0v) is 14.2. The molecule has 3 aromatic heterocycles. The van der Waals surface area contributed by atoms with Gasteiger partial charge in [0.15, 0.2) is 11.6 Å². The van der Waals surface area contributed by atoms with Gasteiger partial charge < -0.3 is 5.73 Å². The molecule has 1 aliphatic rings. The molecule has 5 rings (SSSR count). The number of alkyl halides is 1. The molecule has 26 heavy (non-hydrogen) atoms. The lowest BCUT2D eigenvalue weighted by Crippen LogP contribution is -2.10. The van der Waals surface area contributed by atoms with Crippen molar-refractivity contribution >= 4 is 39.8 Å². The Morgan fingerprint density at radius 2 is 2.15 bits per heavy atom. The van der Waals surface area contributed by atoms with Crippen LogP contribution in [0.25, 0.3) is 27.7 Å². The number of nitrogens with zero attached hydrogens (tertiary/aromatic N) is 3. The van der Waals surface area contributed by atoms with Crippen molar-refractivity contribution in [1.82, 2.24) is 19.6 Å². The van der Waals surface area contributed by atoms with Gasteiger partial charge in [-0.1, -0.05) is 17.7 Å². The number of imidazole rings is 1. The first-order valence-electron chi connectivity index (χ1n) is 8.12. The van der Waals surface area contributed by atoms with Gasteiger partial charge in [-0.15, -0.1) is 0 Å². The topological polar surface area (TPSA) is 89.1 Å². The molecule has 4 aromatic rings. The Bertz CT molecular complexity index is 1200. The van der Waals surface area contributed by atoms with Crippen LogP contribution in [0.15, 0.2) is 36.7 Å². The minimum Gasteiger partial charge on any atom is -0.382 e. The third-order valence-electron chi connectivity index (χ3n) is 4.80. The molecule has 0 unspecified atom stereocenters. The Morgan fingerprint density at radius 3 is 2.92 bits per heavy atom. The predicted octanol–water partition coefficient (Wildman–Crippen LogP) is 3.65. The number of Topliss-reactive ketones (excluding diaryl/α,β-unsaturated/α-hetero) is 1. The Morgan fingerprint density at radius 1 is 1.35 bits per heavy atom. The van der Waals surface area contributed by atoms with Crippen LogP contribution in [-0.2, 0) is 0 Å². The van der Waals surface area contributed by atoms with Crippen LogP contribution in [0.1, 0.15) is 16.9 Å². The molecule has 0 aliphatic heterocycles. The van der Waals surface area contributed by atoms with E-state index in [2.05, 4.69) is 15.2 Å². The van der Waals surface area contributed by atoms with Gasteiger partial charge in [0.25, 0.3) is 0 Å². The van der Waals surface area contributed by atoms with E-state index in [1.54, 1.807) is 22.9 Å². The molecule has 1 aromatic carbocycles. The first kappa shape index (κ1) is 15.3. The molecule has 0 bridgehead atoms. The van der Waals surface area contributed by atoms with E-state index in [0.717, 1.165) is 22.0 Å². The number of carbonyl (C=O) groups excluding carboxylic acids is 1. The average Bonchev–Trinajstić information content (AvgIpc) is 3.04. The van der Waals surface area contributed by atoms with Crippen LogP contribution in [0, 0.1) is 5.92 Å². The summed E-state index contributed by atoms with van der Waals surface area (Å²) in [4.78, 5) is 16.8. The number of nitrogens with two attached hydrogens (primary N) is 1. The standard InChI is InChI=1S/C18H13ClFN5O/c19-15-9(2-3-13-11(15)6-22-24-13)8-1-4-14-23-18(21)16(25(14)7-8)17(26)10-5-12(10)20/h1-4,6-7,10,12H,5,21H2,(H,22,24)/t10-,12+/m1/s1. The van der Waals surface area contributed by atoms with Gasteiger partial charge in [-0.25, -0.2) is 9.37 Å². The molecule has 1 fully saturated rings. The summed E-state index contributed by atoms with van der Waals surface area (Å²) in [6, 6.07) is 7.39. The van der Waals surface area contributed by atoms with Crippen LogP contribution in [0.2, 0.25) is 5.02 Å². The van der Waals surface area contributed by atoms with Crippen LogP contribution in [-0.4, -0.2) is 31.5 Å².